The highest BCUT2D eigenvalue weighted by atomic mass is 32.1. The van der Waals surface area contributed by atoms with Gasteiger partial charge in [-0.25, -0.2) is 0 Å². The van der Waals surface area contributed by atoms with E-state index in [0.717, 1.165) is 19.3 Å². The Hall–Kier alpha value is -1.17. The molecule has 1 aliphatic heterocycles. The lowest BCUT2D eigenvalue weighted by molar-refractivity contribution is -0.146. The summed E-state index contributed by atoms with van der Waals surface area (Å²) in [5, 5.41) is 4.15. The van der Waals surface area contributed by atoms with Gasteiger partial charge in [0.1, 0.15) is 5.60 Å². The molecule has 0 saturated carbocycles. The van der Waals surface area contributed by atoms with Gasteiger partial charge in [-0.15, -0.1) is 0 Å². The molecule has 102 valence electrons. The first-order valence-corrected chi connectivity index (χ1v) is 6.63. The number of nitrogens with zero attached hydrogens (tertiary/aromatic N) is 1. The molecule has 1 aliphatic rings. The molecule has 0 radical (unpaired) electrons. The number of hydrazone groups is 1. The number of carbonyl (C=O) groups excluding carboxylic acids is 1. The van der Waals surface area contributed by atoms with Crippen molar-refractivity contribution in [3.8, 4) is 0 Å². The molecule has 5 nitrogen and oxygen atoms in total. The number of cyclic esters (lactones) is 1. The van der Waals surface area contributed by atoms with E-state index < -0.39 is 5.60 Å². The maximum absolute atomic E-state index is 11.8. The largest absolute Gasteiger partial charge is 0.453 e. The van der Waals surface area contributed by atoms with E-state index in [0.29, 0.717) is 12.1 Å². The Labute approximate surface area is 113 Å². The second-order valence-corrected chi connectivity index (χ2v) is 5.31. The van der Waals surface area contributed by atoms with Crippen LogP contribution in [-0.2, 0) is 9.53 Å². The quantitative estimate of drug-likeness (QED) is 0.344. The Bertz CT molecular complexity index is 370. The van der Waals surface area contributed by atoms with Gasteiger partial charge < -0.3 is 10.5 Å². The number of hydrogen-bond donors (Lipinski definition) is 2. The lowest BCUT2D eigenvalue weighted by Crippen LogP contribution is -2.36. The molecule has 0 unspecified atom stereocenters. The van der Waals surface area contributed by atoms with Crippen molar-refractivity contribution in [3.63, 3.8) is 0 Å². The molecule has 0 aromatic rings. The van der Waals surface area contributed by atoms with Crippen molar-refractivity contribution in [2.24, 2.45) is 16.8 Å². The van der Waals surface area contributed by atoms with Crippen LogP contribution in [0.3, 0.4) is 0 Å². The van der Waals surface area contributed by atoms with E-state index in [1.54, 1.807) is 6.92 Å². The van der Waals surface area contributed by atoms with Gasteiger partial charge in [-0.3, -0.25) is 10.2 Å². The summed E-state index contributed by atoms with van der Waals surface area (Å²) in [6, 6.07) is 0. The van der Waals surface area contributed by atoms with Gasteiger partial charge >= 0.3 is 5.97 Å². The van der Waals surface area contributed by atoms with Gasteiger partial charge in [-0.2, -0.15) is 5.10 Å². The van der Waals surface area contributed by atoms with E-state index in [-0.39, 0.29) is 17.0 Å². The van der Waals surface area contributed by atoms with Crippen molar-refractivity contribution in [1.82, 2.24) is 5.43 Å². The van der Waals surface area contributed by atoms with Crippen molar-refractivity contribution in [3.05, 3.63) is 0 Å². The smallest absolute Gasteiger partial charge is 0.310 e. The minimum absolute atomic E-state index is 0.0232. The zero-order valence-corrected chi connectivity index (χ0v) is 12.0. The second kappa shape index (κ2) is 6.13. The highest BCUT2D eigenvalue weighted by Gasteiger charge is 2.45. The molecule has 0 aromatic heterocycles. The first kappa shape index (κ1) is 14.9. The van der Waals surface area contributed by atoms with Crippen LogP contribution in [0, 0.1) is 5.92 Å². The summed E-state index contributed by atoms with van der Waals surface area (Å²) in [6.45, 7) is 5.79. The number of rotatable bonds is 5. The van der Waals surface area contributed by atoms with Crippen LogP contribution in [0.4, 0.5) is 0 Å². The van der Waals surface area contributed by atoms with Crippen LogP contribution in [0.1, 0.15) is 46.5 Å². The van der Waals surface area contributed by atoms with Crippen LogP contribution in [0.25, 0.3) is 0 Å². The van der Waals surface area contributed by atoms with Gasteiger partial charge in [0.15, 0.2) is 5.11 Å². The van der Waals surface area contributed by atoms with Crippen LogP contribution in [-0.4, -0.2) is 22.4 Å². The number of hydrogen-bond acceptors (Lipinski definition) is 4. The molecule has 1 saturated heterocycles. The molecular formula is C12H21N3O2S. The first-order valence-electron chi connectivity index (χ1n) is 6.22. The number of thiocarbonyl (C=S) groups is 1. The molecule has 0 aliphatic carbocycles. The molecule has 3 N–H and O–H groups in total. The van der Waals surface area contributed by atoms with E-state index in [1.165, 1.54) is 0 Å². The molecule has 1 rings (SSSR count). The predicted molar refractivity (Wildman–Crippen MR) is 75.2 cm³/mol. The third-order valence-corrected chi connectivity index (χ3v) is 3.39. The molecule has 0 bridgehead atoms. The maximum atomic E-state index is 11.8. The van der Waals surface area contributed by atoms with Crippen LogP contribution < -0.4 is 11.2 Å². The van der Waals surface area contributed by atoms with Crippen LogP contribution in [0.15, 0.2) is 5.10 Å². The number of unbranched alkanes of at least 4 members (excludes halogenated alkanes) is 1. The van der Waals surface area contributed by atoms with Gasteiger partial charge in [-0.05, 0) is 32.5 Å². The Balaban J connectivity index is 2.68. The zero-order valence-electron chi connectivity index (χ0n) is 11.2. The third-order valence-electron chi connectivity index (χ3n) is 3.30. The minimum Gasteiger partial charge on any atom is -0.453 e. The highest BCUT2D eigenvalue weighted by Crippen LogP contribution is 2.34. The number of carbonyl (C=O) groups is 1. The SMILES string of the molecule is CCCC[C@@H]1C[C@](C)(/C(C)=N/NC(N)=S)OC1=O. The molecule has 0 amide bonds. The summed E-state index contributed by atoms with van der Waals surface area (Å²) in [5.41, 5.74) is 7.87. The Morgan fingerprint density at radius 1 is 1.72 bits per heavy atom. The molecular weight excluding hydrogens is 250 g/mol. The fourth-order valence-electron chi connectivity index (χ4n) is 2.05. The fraction of sp³-hybridized carbons (Fsp3) is 0.750. The Morgan fingerprint density at radius 3 is 2.94 bits per heavy atom. The monoisotopic (exact) mass is 271 g/mol. The number of ether oxygens (including phenoxy) is 1. The number of esters is 1. The van der Waals surface area contributed by atoms with Gasteiger partial charge in [-0.1, -0.05) is 19.8 Å². The van der Waals surface area contributed by atoms with E-state index in [4.69, 9.17) is 10.5 Å². The molecule has 0 spiro atoms. The molecule has 1 fully saturated rings. The number of nitrogens with two attached hydrogens (primary N) is 1. The van der Waals surface area contributed by atoms with Gasteiger partial charge in [0.2, 0.25) is 0 Å². The average molecular weight is 271 g/mol. The standard InChI is InChI=1S/C12H21N3O2S/c1-4-5-6-9-7-12(3,17-10(9)16)8(2)14-15-11(13)18/h9H,4-7H2,1-3H3,(H3,13,15,18)/b14-8+/t9-,12-/m1/s1. The first-order chi connectivity index (χ1) is 8.39. The van der Waals surface area contributed by atoms with Gasteiger partial charge in [0, 0.05) is 6.42 Å². The topological polar surface area (TPSA) is 76.7 Å². The van der Waals surface area contributed by atoms with E-state index in [2.05, 4.69) is 29.7 Å². The summed E-state index contributed by atoms with van der Waals surface area (Å²) >= 11 is 4.68. The second-order valence-electron chi connectivity index (χ2n) is 4.87. The van der Waals surface area contributed by atoms with Crippen LogP contribution in [0.5, 0.6) is 0 Å². The summed E-state index contributed by atoms with van der Waals surface area (Å²) in [4.78, 5) is 11.8. The van der Waals surface area contributed by atoms with E-state index in [9.17, 15) is 4.79 Å². The predicted octanol–water partition coefficient (Wildman–Crippen LogP) is 1.71. The van der Waals surface area contributed by atoms with Crippen LogP contribution in [0.2, 0.25) is 0 Å². The Morgan fingerprint density at radius 2 is 2.39 bits per heavy atom. The normalized spacial score (nSPS) is 28.1. The molecule has 0 aromatic carbocycles. The van der Waals surface area contributed by atoms with Crippen molar-refractivity contribution in [2.45, 2.75) is 52.1 Å². The average Bonchev–Trinajstić information content (AvgIpc) is 2.59. The minimum atomic E-state index is -0.646. The zero-order chi connectivity index (χ0) is 13.8. The molecule has 2 atom stereocenters. The third kappa shape index (κ3) is 3.66. The van der Waals surface area contributed by atoms with Crippen molar-refractivity contribution < 1.29 is 9.53 Å². The molecule has 6 heteroatoms. The van der Waals surface area contributed by atoms with Crippen molar-refractivity contribution in [2.75, 3.05) is 0 Å². The lowest BCUT2D eigenvalue weighted by atomic mass is 9.89. The summed E-state index contributed by atoms with van der Waals surface area (Å²) in [7, 11) is 0. The maximum Gasteiger partial charge on any atom is 0.310 e. The van der Waals surface area contributed by atoms with E-state index >= 15 is 0 Å². The van der Waals surface area contributed by atoms with E-state index in [1.807, 2.05) is 6.92 Å². The summed E-state index contributed by atoms with van der Waals surface area (Å²) in [5.74, 6) is -0.152. The lowest BCUT2D eigenvalue weighted by Gasteiger charge is -2.22. The summed E-state index contributed by atoms with van der Waals surface area (Å²) < 4.78 is 5.46. The van der Waals surface area contributed by atoms with Gasteiger partial charge in [0.25, 0.3) is 0 Å². The number of nitrogens with one attached hydrogen (secondary N) is 1. The molecule has 18 heavy (non-hydrogen) atoms. The summed E-state index contributed by atoms with van der Waals surface area (Å²) in [6.07, 6.45) is 3.66. The van der Waals surface area contributed by atoms with Gasteiger partial charge in [0.05, 0.1) is 11.6 Å². The fourth-order valence-corrected chi connectivity index (χ4v) is 2.10. The van der Waals surface area contributed by atoms with Crippen molar-refractivity contribution >= 4 is 29.0 Å². The highest BCUT2D eigenvalue weighted by molar-refractivity contribution is 7.80. The van der Waals surface area contributed by atoms with Crippen LogP contribution >= 0.6 is 12.2 Å². The van der Waals surface area contributed by atoms with Crippen molar-refractivity contribution in [1.29, 1.82) is 0 Å². The molecule has 1 heterocycles. The Kier molecular flexibility index (Phi) is 5.07.